The van der Waals surface area contributed by atoms with Crippen LogP contribution in [0.5, 0.6) is 0 Å². The van der Waals surface area contributed by atoms with Gasteiger partial charge in [-0.2, -0.15) is 0 Å². The normalized spacial score (nSPS) is 20.4. The number of hydrogen-bond donors (Lipinski definition) is 0. The third kappa shape index (κ3) is 2.82. The molecule has 0 saturated heterocycles. The Hall–Kier alpha value is -0.820. The van der Waals surface area contributed by atoms with Gasteiger partial charge in [0.1, 0.15) is 0 Å². The number of pyridine rings is 1. The van der Waals surface area contributed by atoms with Crippen LogP contribution in [0.3, 0.4) is 0 Å². The Labute approximate surface area is 96.2 Å². The molecule has 0 amide bonds. The molecule has 0 aromatic carbocycles. The zero-order valence-electron chi connectivity index (χ0n) is 9.04. The molecule has 0 N–H and O–H groups in total. The Morgan fingerprint density at radius 2 is 2.33 bits per heavy atom. The third-order valence-electron chi connectivity index (χ3n) is 2.86. The molecule has 0 fully saturated rings. The summed E-state index contributed by atoms with van der Waals surface area (Å²) >= 11 is 6.02. The van der Waals surface area contributed by atoms with Crippen molar-refractivity contribution < 1.29 is 0 Å². The summed E-state index contributed by atoms with van der Waals surface area (Å²) in [5.41, 5.74) is 3.89. The van der Waals surface area contributed by atoms with Crippen LogP contribution in [0.15, 0.2) is 30.0 Å². The van der Waals surface area contributed by atoms with Gasteiger partial charge in [0, 0.05) is 18.3 Å². The van der Waals surface area contributed by atoms with Crippen LogP contribution in [0, 0.1) is 0 Å². The molecule has 1 heterocycles. The van der Waals surface area contributed by atoms with Crippen molar-refractivity contribution in [2.24, 2.45) is 0 Å². The van der Waals surface area contributed by atoms with Crippen LogP contribution in [0.2, 0.25) is 0 Å². The fourth-order valence-corrected chi connectivity index (χ4v) is 2.18. The standard InChI is InChI=1S/C13H16ClN/c1-2-10-4-6-13(15-9-10)8-11-3-5-12(14)7-11/h4,6-7,9,12H,2-3,5,8H2,1H3. The van der Waals surface area contributed by atoms with E-state index >= 15 is 0 Å². The minimum absolute atomic E-state index is 0.245. The molecule has 1 nitrogen and oxygen atoms in total. The highest BCUT2D eigenvalue weighted by atomic mass is 35.5. The largest absolute Gasteiger partial charge is 0.261 e. The van der Waals surface area contributed by atoms with Crippen molar-refractivity contribution in [2.45, 2.75) is 38.0 Å². The first kappa shape index (κ1) is 10.7. The highest BCUT2D eigenvalue weighted by Gasteiger charge is 2.13. The van der Waals surface area contributed by atoms with Crippen LogP contribution in [0.4, 0.5) is 0 Å². The molecule has 0 bridgehead atoms. The molecule has 2 heteroatoms. The van der Waals surface area contributed by atoms with Crippen molar-refractivity contribution in [2.75, 3.05) is 0 Å². The molecule has 0 saturated carbocycles. The summed E-state index contributed by atoms with van der Waals surface area (Å²) in [6.07, 6.45) is 8.39. The highest BCUT2D eigenvalue weighted by Crippen LogP contribution is 2.25. The van der Waals surface area contributed by atoms with Gasteiger partial charge in [0.25, 0.3) is 0 Å². The van der Waals surface area contributed by atoms with Crippen molar-refractivity contribution in [3.05, 3.63) is 41.2 Å². The van der Waals surface area contributed by atoms with Crippen molar-refractivity contribution in [3.63, 3.8) is 0 Å². The second-order valence-electron chi connectivity index (χ2n) is 4.07. The first-order chi connectivity index (χ1) is 7.28. The maximum atomic E-state index is 6.02. The van der Waals surface area contributed by atoms with Gasteiger partial charge in [-0.15, -0.1) is 11.6 Å². The van der Waals surface area contributed by atoms with E-state index < -0.39 is 0 Å². The Morgan fingerprint density at radius 3 is 2.87 bits per heavy atom. The number of aromatic nitrogens is 1. The Balaban J connectivity index is 2.02. The second kappa shape index (κ2) is 4.80. The van der Waals surface area contributed by atoms with Gasteiger partial charge in [0.15, 0.2) is 0 Å². The monoisotopic (exact) mass is 221 g/mol. The molecular formula is C13H16ClN. The summed E-state index contributed by atoms with van der Waals surface area (Å²) < 4.78 is 0. The SMILES string of the molecule is CCc1ccc(CC2=CC(Cl)CC2)nc1. The summed E-state index contributed by atoms with van der Waals surface area (Å²) in [7, 11) is 0. The second-order valence-corrected chi connectivity index (χ2v) is 4.63. The van der Waals surface area contributed by atoms with E-state index in [2.05, 4.69) is 30.1 Å². The molecule has 1 aliphatic rings. The lowest BCUT2D eigenvalue weighted by Gasteiger charge is -2.02. The number of allylic oxidation sites excluding steroid dienone is 2. The third-order valence-corrected chi connectivity index (χ3v) is 3.20. The van der Waals surface area contributed by atoms with Crippen LogP contribution in [-0.4, -0.2) is 10.4 Å². The maximum absolute atomic E-state index is 6.02. The molecule has 1 atom stereocenters. The molecule has 2 rings (SSSR count). The van der Waals surface area contributed by atoms with E-state index in [4.69, 9.17) is 11.6 Å². The number of alkyl halides is 1. The fraction of sp³-hybridized carbons (Fsp3) is 0.462. The summed E-state index contributed by atoms with van der Waals surface area (Å²) in [6, 6.07) is 4.29. The van der Waals surface area contributed by atoms with Crippen LogP contribution >= 0.6 is 11.6 Å². The predicted octanol–water partition coefficient (Wildman–Crippen LogP) is 3.51. The van der Waals surface area contributed by atoms with Gasteiger partial charge in [-0.05, 0) is 30.9 Å². The smallest absolute Gasteiger partial charge is 0.0521 e. The Bertz CT molecular complexity index is 353. The van der Waals surface area contributed by atoms with Crippen molar-refractivity contribution in [3.8, 4) is 0 Å². The summed E-state index contributed by atoms with van der Waals surface area (Å²) in [4.78, 5) is 4.45. The van der Waals surface area contributed by atoms with E-state index in [1.165, 1.54) is 11.1 Å². The Kier molecular flexibility index (Phi) is 3.42. The molecule has 0 aliphatic heterocycles. The topological polar surface area (TPSA) is 12.9 Å². The number of hydrogen-bond acceptors (Lipinski definition) is 1. The molecule has 1 aromatic rings. The first-order valence-corrected chi connectivity index (χ1v) is 5.99. The van der Waals surface area contributed by atoms with Gasteiger partial charge >= 0.3 is 0 Å². The van der Waals surface area contributed by atoms with E-state index in [0.717, 1.165) is 31.4 Å². The molecule has 1 aliphatic carbocycles. The van der Waals surface area contributed by atoms with Gasteiger partial charge in [-0.25, -0.2) is 0 Å². The number of rotatable bonds is 3. The van der Waals surface area contributed by atoms with Crippen LogP contribution in [-0.2, 0) is 12.8 Å². The number of halogens is 1. The van der Waals surface area contributed by atoms with E-state index in [1.807, 2.05) is 6.20 Å². The van der Waals surface area contributed by atoms with Crippen LogP contribution in [0.1, 0.15) is 31.0 Å². The van der Waals surface area contributed by atoms with Gasteiger partial charge in [0.2, 0.25) is 0 Å². The maximum Gasteiger partial charge on any atom is 0.0521 e. The van der Waals surface area contributed by atoms with Crippen molar-refractivity contribution in [1.82, 2.24) is 4.98 Å². The lowest BCUT2D eigenvalue weighted by Crippen LogP contribution is -1.93. The summed E-state index contributed by atoms with van der Waals surface area (Å²) in [6.45, 7) is 2.15. The highest BCUT2D eigenvalue weighted by molar-refractivity contribution is 6.22. The number of aryl methyl sites for hydroxylation is 1. The first-order valence-electron chi connectivity index (χ1n) is 5.55. The lowest BCUT2D eigenvalue weighted by molar-refractivity contribution is 0.881. The minimum Gasteiger partial charge on any atom is -0.261 e. The van der Waals surface area contributed by atoms with E-state index in [-0.39, 0.29) is 5.38 Å². The lowest BCUT2D eigenvalue weighted by atomic mass is 10.1. The quantitative estimate of drug-likeness (QED) is 0.562. The molecule has 1 aromatic heterocycles. The van der Waals surface area contributed by atoms with Gasteiger partial charge in [-0.3, -0.25) is 4.98 Å². The molecule has 0 radical (unpaired) electrons. The van der Waals surface area contributed by atoms with Crippen LogP contribution in [0.25, 0.3) is 0 Å². The molecule has 1 unspecified atom stereocenters. The summed E-state index contributed by atoms with van der Waals surface area (Å²) in [5.74, 6) is 0. The van der Waals surface area contributed by atoms with Crippen LogP contribution < -0.4 is 0 Å². The number of nitrogens with zero attached hydrogens (tertiary/aromatic N) is 1. The average molecular weight is 222 g/mol. The fourth-order valence-electron chi connectivity index (χ4n) is 1.89. The Morgan fingerprint density at radius 1 is 1.47 bits per heavy atom. The zero-order valence-corrected chi connectivity index (χ0v) is 9.80. The molecule has 80 valence electrons. The molecular weight excluding hydrogens is 206 g/mol. The van der Waals surface area contributed by atoms with Crippen molar-refractivity contribution in [1.29, 1.82) is 0 Å². The average Bonchev–Trinajstić information content (AvgIpc) is 2.65. The molecule has 0 spiro atoms. The zero-order chi connectivity index (χ0) is 10.7. The predicted molar refractivity (Wildman–Crippen MR) is 64.3 cm³/mol. The van der Waals surface area contributed by atoms with E-state index in [9.17, 15) is 0 Å². The van der Waals surface area contributed by atoms with Gasteiger partial charge < -0.3 is 0 Å². The van der Waals surface area contributed by atoms with Gasteiger partial charge in [0.05, 0.1) is 5.38 Å². The molecule has 15 heavy (non-hydrogen) atoms. The van der Waals surface area contributed by atoms with E-state index in [0.29, 0.717) is 0 Å². The van der Waals surface area contributed by atoms with Gasteiger partial charge in [-0.1, -0.05) is 24.6 Å². The van der Waals surface area contributed by atoms with Crippen molar-refractivity contribution >= 4 is 11.6 Å². The summed E-state index contributed by atoms with van der Waals surface area (Å²) in [5, 5.41) is 0.245. The minimum atomic E-state index is 0.245. The van der Waals surface area contributed by atoms with E-state index in [1.54, 1.807) is 0 Å².